The van der Waals surface area contributed by atoms with Crippen LogP contribution in [0.1, 0.15) is 28.5 Å². The third kappa shape index (κ3) is 2.44. The highest BCUT2D eigenvalue weighted by atomic mass is 19.1. The number of fused-ring (bicyclic) bond motifs is 1. The quantitative estimate of drug-likeness (QED) is 0.569. The van der Waals surface area contributed by atoms with Crippen molar-refractivity contribution in [3.05, 3.63) is 70.7 Å². The first-order chi connectivity index (χ1) is 10.1. The molecule has 2 aromatic carbocycles. The van der Waals surface area contributed by atoms with Crippen LogP contribution in [0.3, 0.4) is 0 Å². The van der Waals surface area contributed by atoms with Crippen LogP contribution >= 0.6 is 0 Å². The van der Waals surface area contributed by atoms with Gasteiger partial charge in [-0.1, -0.05) is 24.3 Å². The monoisotopic (exact) mass is 284 g/mol. The van der Waals surface area contributed by atoms with E-state index in [-0.39, 0.29) is 11.9 Å². The van der Waals surface area contributed by atoms with Gasteiger partial charge >= 0.3 is 0 Å². The van der Waals surface area contributed by atoms with Crippen LogP contribution in [-0.4, -0.2) is 0 Å². The van der Waals surface area contributed by atoms with Crippen LogP contribution in [0.5, 0.6) is 0 Å². The third-order valence-electron chi connectivity index (χ3n) is 3.76. The van der Waals surface area contributed by atoms with E-state index in [0.29, 0.717) is 5.76 Å². The number of para-hydroxylation sites is 1. The zero-order valence-electron chi connectivity index (χ0n) is 12.0. The number of nitrogens with one attached hydrogen (secondary N) is 1. The summed E-state index contributed by atoms with van der Waals surface area (Å²) in [5.41, 5.74) is 6.35. The van der Waals surface area contributed by atoms with Gasteiger partial charge in [-0.25, -0.2) is 9.82 Å². The molecule has 3 nitrogen and oxygen atoms in total. The van der Waals surface area contributed by atoms with Gasteiger partial charge in [-0.2, -0.15) is 0 Å². The Morgan fingerprint density at radius 1 is 1.10 bits per heavy atom. The Labute approximate surface area is 122 Å². The summed E-state index contributed by atoms with van der Waals surface area (Å²) in [6.45, 7) is 3.92. The Morgan fingerprint density at radius 3 is 2.62 bits per heavy atom. The summed E-state index contributed by atoms with van der Waals surface area (Å²) in [6, 6.07) is 12.2. The lowest BCUT2D eigenvalue weighted by Gasteiger charge is -2.16. The molecule has 1 atom stereocenters. The first-order valence-electron chi connectivity index (χ1n) is 6.81. The molecule has 0 amide bonds. The van der Waals surface area contributed by atoms with E-state index in [1.165, 1.54) is 12.1 Å². The van der Waals surface area contributed by atoms with Crippen molar-refractivity contribution in [3.63, 3.8) is 0 Å². The van der Waals surface area contributed by atoms with E-state index in [4.69, 9.17) is 10.3 Å². The van der Waals surface area contributed by atoms with E-state index in [9.17, 15) is 4.39 Å². The van der Waals surface area contributed by atoms with Crippen molar-refractivity contribution >= 4 is 11.0 Å². The lowest BCUT2D eigenvalue weighted by molar-refractivity contribution is 0.473. The number of hydrogen-bond donors (Lipinski definition) is 2. The van der Waals surface area contributed by atoms with Crippen molar-refractivity contribution in [2.75, 3.05) is 0 Å². The average Bonchev–Trinajstić information content (AvgIpc) is 2.89. The number of rotatable bonds is 3. The number of aryl methyl sites for hydroxylation is 2. The normalized spacial score (nSPS) is 12.8. The van der Waals surface area contributed by atoms with Crippen LogP contribution < -0.4 is 11.3 Å². The molecular weight excluding hydrogens is 267 g/mol. The molecule has 3 aromatic rings. The van der Waals surface area contributed by atoms with Gasteiger partial charge in [-0.05, 0) is 48.7 Å². The summed E-state index contributed by atoms with van der Waals surface area (Å²) < 4.78 is 19.5. The largest absolute Gasteiger partial charge is 0.459 e. The summed E-state index contributed by atoms with van der Waals surface area (Å²) in [5.74, 6) is 6.07. The van der Waals surface area contributed by atoms with Crippen molar-refractivity contribution in [3.8, 4) is 0 Å². The molecule has 0 radical (unpaired) electrons. The van der Waals surface area contributed by atoms with Crippen LogP contribution in [0.25, 0.3) is 11.0 Å². The molecule has 0 aliphatic heterocycles. The van der Waals surface area contributed by atoms with E-state index in [0.717, 1.165) is 27.7 Å². The first kappa shape index (κ1) is 13.8. The Morgan fingerprint density at radius 2 is 1.90 bits per heavy atom. The number of hydrazine groups is 1. The maximum Gasteiger partial charge on any atom is 0.137 e. The van der Waals surface area contributed by atoms with Gasteiger partial charge in [0.05, 0.1) is 0 Å². The predicted octanol–water partition coefficient (Wildman–Crippen LogP) is 3.74. The molecule has 3 N–H and O–H groups in total. The van der Waals surface area contributed by atoms with Gasteiger partial charge in [0.25, 0.3) is 0 Å². The standard InChI is InChI=1S/C17H17FN2O/c1-10-6-7-13(18)9-14(10)16(20-19)15-8-12-5-3-4-11(2)17(12)21-15/h3-9,16,20H,19H2,1-2H3. The Kier molecular flexibility index (Phi) is 3.49. The molecule has 108 valence electrons. The number of hydrogen-bond acceptors (Lipinski definition) is 3. The number of benzene rings is 2. The molecule has 0 bridgehead atoms. The lowest BCUT2D eigenvalue weighted by atomic mass is 9.99. The highest BCUT2D eigenvalue weighted by molar-refractivity contribution is 5.81. The summed E-state index contributed by atoms with van der Waals surface area (Å²) >= 11 is 0. The first-order valence-corrected chi connectivity index (χ1v) is 6.81. The summed E-state index contributed by atoms with van der Waals surface area (Å²) in [4.78, 5) is 0. The van der Waals surface area contributed by atoms with E-state index >= 15 is 0 Å². The molecule has 21 heavy (non-hydrogen) atoms. The van der Waals surface area contributed by atoms with E-state index < -0.39 is 0 Å². The van der Waals surface area contributed by atoms with Gasteiger partial charge in [0.1, 0.15) is 23.2 Å². The van der Waals surface area contributed by atoms with Crippen LogP contribution in [-0.2, 0) is 0 Å². The highest BCUT2D eigenvalue weighted by Crippen LogP contribution is 2.31. The number of furan rings is 1. The smallest absolute Gasteiger partial charge is 0.137 e. The highest BCUT2D eigenvalue weighted by Gasteiger charge is 2.20. The minimum atomic E-state index is -0.382. The second kappa shape index (κ2) is 5.31. The van der Waals surface area contributed by atoms with E-state index in [1.807, 2.05) is 38.1 Å². The number of nitrogens with two attached hydrogens (primary N) is 1. The molecule has 0 aliphatic rings. The van der Waals surface area contributed by atoms with Crippen molar-refractivity contribution in [2.24, 2.45) is 5.84 Å². The average molecular weight is 284 g/mol. The van der Waals surface area contributed by atoms with Gasteiger partial charge in [0.2, 0.25) is 0 Å². The van der Waals surface area contributed by atoms with Gasteiger partial charge in [-0.3, -0.25) is 5.84 Å². The fraction of sp³-hybridized carbons (Fsp3) is 0.176. The van der Waals surface area contributed by atoms with Crippen molar-refractivity contribution in [2.45, 2.75) is 19.9 Å². The van der Waals surface area contributed by atoms with Crippen molar-refractivity contribution in [1.82, 2.24) is 5.43 Å². The number of halogens is 1. The Hall–Kier alpha value is -2.17. The molecule has 3 rings (SSSR count). The Balaban J connectivity index is 2.13. The fourth-order valence-electron chi connectivity index (χ4n) is 2.62. The summed E-state index contributed by atoms with van der Waals surface area (Å²) in [6.07, 6.45) is 0. The molecular formula is C17H17FN2O. The maximum absolute atomic E-state index is 13.5. The Bertz CT molecular complexity index is 795. The van der Waals surface area contributed by atoms with Gasteiger partial charge < -0.3 is 4.42 Å². The molecule has 4 heteroatoms. The third-order valence-corrected chi connectivity index (χ3v) is 3.76. The molecule has 1 unspecified atom stereocenters. The fourth-order valence-corrected chi connectivity index (χ4v) is 2.62. The minimum Gasteiger partial charge on any atom is -0.459 e. The van der Waals surface area contributed by atoms with Gasteiger partial charge in [0, 0.05) is 5.39 Å². The van der Waals surface area contributed by atoms with Crippen molar-refractivity contribution in [1.29, 1.82) is 0 Å². The molecule has 0 spiro atoms. The van der Waals surface area contributed by atoms with Crippen LogP contribution in [0.2, 0.25) is 0 Å². The van der Waals surface area contributed by atoms with Gasteiger partial charge in [-0.15, -0.1) is 0 Å². The predicted molar refractivity (Wildman–Crippen MR) is 81.3 cm³/mol. The van der Waals surface area contributed by atoms with Crippen LogP contribution in [0.4, 0.5) is 4.39 Å². The van der Waals surface area contributed by atoms with Crippen LogP contribution in [0.15, 0.2) is 46.9 Å². The topological polar surface area (TPSA) is 51.2 Å². The summed E-state index contributed by atoms with van der Waals surface area (Å²) in [5, 5.41) is 1.01. The lowest BCUT2D eigenvalue weighted by Crippen LogP contribution is -2.29. The SMILES string of the molecule is Cc1ccc(F)cc1C(NN)c1cc2cccc(C)c2o1. The zero-order valence-corrected chi connectivity index (χ0v) is 12.0. The molecule has 1 aromatic heterocycles. The zero-order chi connectivity index (χ0) is 15.0. The van der Waals surface area contributed by atoms with E-state index in [1.54, 1.807) is 6.07 Å². The molecule has 0 saturated carbocycles. The van der Waals surface area contributed by atoms with E-state index in [2.05, 4.69) is 5.43 Å². The second-order valence-corrected chi connectivity index (χ2v) is 5.24. The summed E-state index contributed by atoms with van der Waals surface area (Å²) in [7, 11) is 0. The molecule has 0 saturated heterocycles. The minimum absolute atomic E-state index is 0.289. The van der Waals surface area contributed by atoms with Crippen molar-refractivity contribution < 1.29 is 8.81 Å². The second-order valence-electron chi connectivity index (χ2n) is 5.24. The molecule has 1 heterocycles. The molecule has 0 fully saturated rings. The van der Waals surface area contributed by atoms with Crippen LogP contribution in [0, 0.1) is 19.7 Å². The van der Waals surface area contributed by atoms with Gasteiger partial charge in [0.15, 0.2) is 0 Å². The molecule has 0 aliphatic carbocycles. The maximum atomic E-state index is 13.5.